The Morgan fingerprint density at radius 3 is 2.52 bits per heavy atom. The fourth-order valence-electron chi connectivity index (χ4n) is 2.70. The van der Waals surface area contributed by atoms with Crippen molar-refractivity contribution >= 4 is 23.0 Å². The van der Waals surface area contributed by atoms with Crippen molar-refractivity contribution in [1.82, 2.24) is 14.5 Å². The summed E-state index contributed by atoms with van der Waals surface area (Å²) in [5.74, 6) is 0.138. The summed E-state index contributed by atoms with van der Waals surface area (Å²) >= 11 is 0. The summed E-state index contributed by atoms with van der Waals surface area (Å²) in [6, 6.07) is 8.33. The summed E-state index contributed by atoms with van der Waals surface area (Å²) in [6.07, 6.45) is 3.36. The lowest BCUT2D eigenvalue weighted by Gasteiger charge is -2.17. The number of nitrogens with one attached hydrogen (secondary N) is 1. The van der Waals surface area contributed by atoms with Crippen LogP contribution in [0.4, 0.5) is 5.69 Å². The number of anilines is 1. The molecule has 0 bridgehead atoms. The number of carbonyl (C=O) groups is 2. The molecule has 8 nitrogen and oxygen atoms in total. The first kappa shape index (κ1) is 18.2. The zero-order chi connectivity index (χ0) is 19.6. The van der Waals surface area contributed by atoms with E-state index in [2.05, 4.69) is 10.4 Å². The fraction of sp³-hybridized carbons (Fsp3) is 0.211. The molecule has 2 aromatic heterocycles. The van der Waals surface area contributed by atoms with Gasteiger partial charge in [0.1, 0.15) is 0 Å². The second kappa shape index (κ2) is 7.36. The van der Waals surface area contributed by atoms with Crippen LogP contribution in [0.3, 0.4) is 0 Å². The van der Waals surface area contributed by atoms with Gasteiger partial charge in [0.25, 0.3) is 11.8 Å². The SMILES string of the molecule is COc1cc(C(=O)N(C)C)cc(NC(=O)c2ccn3nccc3c2)c1OC. The number of fused-ring (bicyclic) bond motifs is 1. The molecule has 140 valence electrons. The van der Waals surface area contributed by atoms with Crippen LogP contribution in [0.1, 0.15) is 20.7 Å². The first-order chi connectivity index (χ1) is 12.9. The Balaban J connectivity index is 1.99. The van der Waals surface area contributed by atoms with E-state index in [4.69, 9.17) is 9.47 Å². The topological polar surface area (TPSA) is 85.2 Å². The maximum atomic E-state index is 12.7. The zero-order valence-corrected chi connectivity index (χ0v) is 15.5. The lowest BCUT2D eigenvalue weighted by atomic mass is 10.1. The first-order valence-corrected chi connectivity index (χ1v) is 8.17. The molecule has 0 aliphatic heterocycles. The van der Waals surface area contributed by atoms with Crippen LogP contribution in [-0.2, 0) is 0 Å². The predicted octanol–water partition coefficient (Wildman–Crippen LogP) is 2.31. The molecule has 27 heavy (non-hydrogen) atoms. The predicted molar refractivity (Wildman–Crippen MR) is 101 cm³/mol. The van der Waals surface area contributed by atoms with Crippen molar-refractivity contribution in [2.45, 2.75) is 0 Å². The zero-order valence-electron chi connectivity index (χ0n) is 15.5. The highest BCUT2D eigenvalue weighted by molar-refractivity contribution is 6.07. The average molecular weight is 368 g/mol. The van der Waals surface area contributed by atoms with Gasteiger partial charge in [-0.05, 0) is 30.3 Å². The van der Waals surface area contributed by atoms with Crippen LogP contribution >= 0.6 is 0 Å². The van der Waals surface area contributed by atoms with Crippen molar-refractivity contribution in [3.05, 3.63) is 53.9 Å². The molecule has 0 fully saturated rings. The summed E-state index contributed by atoms with van der Waals surface area (Å²) in [5, 5.41) is 6.91. The maximum Gasteiger partial charge on any atom is 0.255 e. The van der Waals surface area contributed by atoms with E-state index >= 15 is 0 Å². The van der Waals surface area contributed by atoms with Gasteiger partial charge in [0.05, 0.1) is 25.4 Å². The lowest BCUT2D eigenvalue weighted by Crippen LogP contribution is -2.22. The van der Waals surface area contributed by atoms with E-state index in [1.165, 1.54) is 19.1 Å². The second-order valence-corrected chi connectivity index (χ2v) is 6.03. The van der Waals surface area contributed by atoms with Crippen molar-refractivity contribution in [2.24, 2.45) is 0 Å². The molecule has 8 heteroatoms. The van der Waals surface area contributed by atoms with E-state index < -0.39 is 0 Å². The number of nitrogens with zero attached hydrogens (tertiary/aromatic N) is 3. The summed E-state index contributed by atoms with van der Waals surface area (Å²) in [6.45, 7) is 0. The van der Waals surface area contributed by atoms with Gasteiger partial charge in [-0.2, -0.15) is 5.10 Å². The highest BCUT2D eigenvalue weighted by atomic mass is 16.5. The Labute approximate surface area is 156 Å². The Bertz CT molecular complexity index is 1010. The number of benzene rings is 1. The van der Waals surface area contributed by atoms with E-state index in [9.17, 15) is 9.59 Å². The van der Waals surface area contributed by atoms with Crippen LogP contribution in [0, 0.1) is 0 Å². The summed E-state index contributed by atoms with van der Waals surface area (Å²) < 4.78 is 12.4. The Morgan fingerprint density at radius 2 is 1.85 bits per heavy atom. The minimum absolute atomic E-state index is 0.216. The highest BCUT2D eigenvalue weighted by Crippen LogP contribution is 2.37. The number of rotatable bonds is 5. The third kappa shape index (κ3) is 3.55. The van der Waals surface area contributed by atoms with Gasteiger partial charge in [-0.3, -0.25) is 9.59 Å². The van der Waals surface area contributed by atoms with E-state index in [-0.39, 0.29) is 11.8 Å². The molecule has 1 aromatic carbocycles. The number of pyridine rings is 1. The largest absolute Gasteiger partial charge is 0.493 e. The number of carbonyl (C=O) groups excluding carboxylic acids is 2. The molecule has 0 radical (unpaired) electrons. The number of amides is 2. The molecule has 0 spiro atoms. The standard InChI is InChI=1S/C19H20N4O4/c1-22(2)19(25)13-10-15(17(27-4)16(11-13)26-3)21-18(24)12-6-8-23-14(9-12)5-7-20-23/h5-11H,1-4H3,(H,21,24). The van der Waals surface area contributed by atoms with E-state index in [0.717, 1.165) is 5.52 Å². The third-order valence-corrected chi connectivity index (χ3v) is 4.04. The van der Waals surface area contributed by atoms with Crippen molar-refractivity contribution in [1.29, 1.82) is 0 Å². The smallest absolute Gasteiger partial charge is 0.255 e. The molecule has 0 aliphatic carbocycles. The molecule has 2 amide bonds. The first-order valence-electron chi connectivity index (χ1n) is 8.17. The third-order valence-electron chi connectivity index (χ3n) is 4.04. The van der Waals surface area contributed by atoms with E-state index in [1.807, 2.05) is 0 Å². The van der Waals surface area contributed by atoms with Crippen molar-refractivity contribution in [2.75, 3.05) is 33.6 Å². The summed E-state index contributed by atoms with van der Waals surface area (Å²) in [7, 11) is 6.25. The number of aromatic nitrogens is 2. The van der Waals surface area contributed by atoms with Gasteiger partial charge in [0.2, 0.25) is 0 Å². The monoisotopic (exact) mass is 368 g/mol. The molecule has 0 saturated heterocycles. The molecule has 3 aromatic rings. The number of hydrogen-bond donors (Lipinski definition) is 1. The van der Waals surface area contributed by atoms with Gasteiger partial charge in [-0.1, -0.05) is 0 Å². The van der Waals surface area contributed by atoms with Crippen LogP contribution in [0.2, 0.25) is 0 Å². The maximum absolute atomic E-state index is 12.7. The van der Waals surface area contributed by atoms with Gasteiger partial charge in [0.15, 0.2) is 11.5 Å². The second-order valence-electron chi connectivity index (χ2n) is 6.03. The number of hydrogen-bond acceptors (Lipinski definition) is 5. The van der Waals surface area contributed by atoms with Crippen molar-refractivity contribution in [3.8, 4) is 11.5 Å². The van der Waals surface area contributed by atoms with Gasteiger partial charge in [0, 0.05) is 37.6 Å². The molecular weight excluding hydrogens is 348 g/mol. The minimum atomic E-state index is -0.339. The molecular formula is C19H20N4O4. The van der Waals surface area contributed by atoms with Crippen LogP contribution in [0.5, 0.6) is 11.5 Å². The fourth-order valence-corrected chi connectivity index (χ4v) is 2.70. The minimum Gasteiger partial charge on any atom is -0.493 e. The Kier molecular flexibility index (Phi) is 4.98. The van der Waals surface area contributed by atoms with E-state index in [0.29, 0.717) is 28.3 Å². The van der Waals surface area contributed by atoms with E-state index in [1.54, 1.807) is 61.3 Å². The van der Waals surface area contributed by atoms with Crippen LogP contribution < -0.4 is 14.8 Å². The summed E-state index contributed by atoms with van der Waals surface area (Å²) in [5.41, 5.74) is 1.97. The number of ether oxygens (including phenoxy) is 2. The van der Waals surface area contributed by atoms with Crippen molar-refractivity contribution in [3.63, 3.8) is 0 Å². The quantitative estimate of drug-likeness (QED) is 0.747. The average Bonchev–Trinajstić information content (AvgIpc) is 3.14. The highest BCUT2D eigenvalue weighted by Gasteiger charge is 2.19. The van der Waals surface area contributed by atoms with Gasteiger partial charge in [-0.25, -0.2) is 4.52 Å². The number of methoxy groups -OCH3 is 2. The molecule has 0 unspecified atom stereocenters. The Morgan fingerprint density at radius 1 is 1.07 bits per heavy atom. The van der Waals surface area contributed by atoms with Gasteiger partial charge < -0.3 is 19.7 Å². The molecule has 1 N–H and O–H groups in total. The summed E-state index contributed by atoms with van der Waals surface area (Å²) in [4.78, 5) is 26.5. The Hall–Kier alpha value is -3.55. The van der Waals surface area contributed by atoms with Gasteiger partial charge >= 0.3 is 0 Å². The molecule has 0 aliphatic rings. The molecule has 3 rings (SSSR count). The van der Waals surface area contributed by atoms with Crippen LogP contribution in [-0.4, -0.2) is 54.6 Å². The van der Waals surface area contributed by atoms with Crippen LogP contribution in [0.25, 0.3) is 5.52 Å². The van der Waals surface area contributed by atoms with Crippen LogP contribution in [0.15, 0.2) is 42.7 Å². The lowest BCUT2D eigenvalue weighted by molar-refractivity contribution is 0.0826. The molecule has 0 atom stereocenters. The molecule has 0 saturated carbocycles. The van der Waals surface area contributed by atoms with Gasteiger partial charge in [-0.15, -0.1) is 0 Å². The normalized spacial score (nSPS) is 10.5. The molecule has 2 heterocycles. The van der Waals surface area contributed by atoms with Crippen molar-refractivity contribution < 1.29 is 19.1 Å².